The van der Waals surface area contributed by atoms with Crippen LogP contribution in [0.1, 0.15) is 11.3 Å². The highest BCUT2D eigenvalue weighted by molar-refractivity contribution is 14.1. The van der Waals surface area contributed by atoms with Crippen molar-refractivity contribution in [2.24, 2.45) is 0 Å². The number of amides is 1. The first-order valence-corrected chi connectivity index (χ1v) is 6.50. The number of fused-ring (bicyclic) bond motifs is 3. The molecule has 2 N–H and O–H groups in total. The number of hydrogen-bond acceptors (Lipinski definition) is 1. The Bertz CT molecular complexity index is 606. The number of carbonyl (C=O) groups is 1. The number of aromatic amines is 1. The van der Waals surface area contributed by atoms with E-state index < -0.39 is 6.09 Å². The molecule has 88 valence electrons. The van der Waals surface area contributed by atoms with Gasteiger partial charge >= 0.3 is 6.09 Å². The van der Waals surface area contributed by atoms with E-state index in [1.54, 1.807) is 0 Å². The van der Waals surface area contributed by atoms with Crippen molar-refractivity contribution < 1.29 is 9.90 Å². The van der Waals surface area contributed by atoms with Crippen molar-refractivity contribution in [2.45, 2.75) is 13.0 Å². The minimum absolute atomic E-state index is 0.491. The number of H-pyrrole nitrogens is 1. The highest BCUT2D eigenvalue weighted by atomic mass is 127. The second-order valence-corrected chi connectivity index (χ2v) is 5.36. The molecule has 0 radical (unpaired) electrons. The van der Waals surface area contributed by atoms with Gasteiger partial charge in [-0.1, -0.05) is 12.1 Å². The van der Waals surface area contributed by atoms with Crippen molar-refractivity contribution in [1.29, 1.82) is 0 Å². The topological polar surface area (TPSA) is 56.3 Å². The van der Waals surface area contributed by atoms with Gasteiger partial charge in [0.2, 0.25) is 0 Å². The quantitative estimate of drug-likeness (QED) is 0.724. The molecule has 2 aromatic rings. The molecule has 3 rings (SSSR count). The summed E-state index contributed by atoms with van der Waals surface area (Å²) in [6.07, 6.45) is -0.0671. The van der Waals surface area contributed by atoms with Crippen LogP contribution < -0.4 is 0 Å². The second-order valence-electron chi connectivity index (χ2n) is 4.20. The largest absolute Gasteiger partial charge is 0.465 e. The highest BCUT2D eigenvalue weighted by Crippen LogP contribution is 2.30. The second kappa shape index (κ2) is 3.90. The molecule has 0 bridgehead atoms. The summed E-state index contributed by atoms with van der Waals surface area (Å²) in [6.45, 7) is 1.07. The Hall–Kier alpha value is -1.24. The molecular weight excluding hydrogens is 331 g/mol. The smallest absolute Gasteiger partial charge is 0.407 e. The van der Waals surface area contributed by atoms with Gasteiger partial charge in [-0.3, -0.25) is 0 Å². The molecular formula is C12H11IN2O2. The fourth-order valence-electron chi connectivity index (χ4n) is 2.37. The summed E-state index contributed by atoms with van der Waals surface area (Å²) < 4.78 is 1.18. The van der Waals surface area contributed by atoms with Crippen molar-refractivity contribution in [2.75, 3.05) is 6.54 Å². The third kappa shape index (κ3) is 1.69. The molecule has 1 amide bonds. The van der Waals surface area contributed by atoms with E-state index in [-0.39, 0.29) is 0 Å². The lowest BCUT2D eigenvalue weighted by Crippen LogP contribution is -2.34. The number of halogens is 1. The fourth-order valence-corrected chi connectivity index (χ4v) is 3.00. The van der Waals surface area contributed by atoms with Crippen molar-refractivity contribution in [1.82, 2.24) is 9.88 Å². The Balaban J connectivity index is 2.15. The molecule has 0 spiro atoms. The molecule has 1 aromatic carbocycles. The summed E-state index contributed by atoms with van der Waals surface area (Å²) in [5, 5.41) is 10.2. The Kier molecular flexibility index (Phi) is 2.50. The van der Waals surface area contributed by atoms with Gasteiger partial charge in [-0.2, -0.15) is 0 Å². The summed E-state index contributed by atoms with van der Waals surface area (Å²) in [6, 6.07) is 6.12. The lowest BCUT2D eigenvalue weighted by atomic mass is 10.1. The molecule has 1 aliphatic heterocycles. The van der Waals surface area contributed by atoms with Crippen LogP contribution in [-0.4, -0.2) is 27.6 Å². The van der Waals surface area contributed by atoms with E-state index in [4.69, 9.17) is 5.11 Å². The van der Waals surface area contributed by atoms with Crippen molar-refractivity contribution in [3.8, 4) is 0 Å². The standard InChI is InChI=1S/C12H11IN2O2/c13-9-3-1-2-7-8-6-15(12(16)17)5-4-10(8)14-11(7)9/h1-3,14H,4-6H2,(H,16,17). The number of nitrogens with zero attached hydrogens (tertiary/aromatic N) is 1. The van der Waals surface area contributed by atoms with Crippen molar-refractivity contribution in [3.63, 3.8) is 0 Å². The van der Waals surface area contributed by atoms with E-state index in [0.29, 0.717) is 13.1 Å². The fraction of sp³-hybridized carbons (Fsp3) is 0.250. The van der Waals surface area contributed by atoms with Crippen LogP contribution in [0.15, 0.2) is 18.2 Å². The summed E-state index contributed by atoms with van der Waals surface area (Å²) in [7, 11) is 0. The molecule has 0 aliphatic carbocycles. The van der Waals surface area contributed by atoms with Gasteiger partial charge in [0.1, 0.15) is 0 Å². The van der Waals surface area contributed by atoms with Gasteiger partial charge in [-0.05, 0) is 28.7 Å². The van der Waals surface area contributed by atoms with Crippen LogP contribution >= 0.6 is 22.6 Å². The molecule has 0 saturated carbocycles. The van der Waals surface area contributed by atoms with Crippen LogP contribution in [0.3, 0.4) is 0 Å². The Morgan fingerprint density at radius 3 is 3.06 bits per heavy atom. The lowest BCUT2D eigenvalue weighted by molar-refractivity contribution is 0.140. The number of carboxylic acid groups (broad SMARTS) is 1. The molecule has 0 atom stereocenters. The van der Waals surface area contributed by atoms with E-state index in [0.717, 1.165) is 22.9 Å². The van der Waals surface area contributed by atoms with Crippen LogP contribution in [0.4, 0.5) is 4.79 Å². The SMILES string of the molecule is O=C(O)N1CCc2[nH]c3c(I)cccc3c2C1. The van der Waals surface area contributed by atoms with Gasteiger partial charge in [0.05, 0.1) is 12.1 Å². The van der Waals surface area contributed by atoms with Crippen LogP contribution in [0.5, 0.6) is 0 Å². The minimum atomic E-state index is -0.837. The van der Waals surface area contributed by atoms with Crippen LogP contribution in [0.2, 0.25) is 0 Å². The predicted octanol–water partition coefficient (Wildman–Crippen LogP) is 2.81. The summed E-state index contributed by atoms with van der Waals surface area (Å²) in [5.74, 6) is 0. The van der Waals surface area contributed by atoms with Crippen LogP contribution in [0, 0.1) is 3.57 Å². The molecule has 0 unspecified atom stereocenters. The number of para-hydroxylation sites is 1. The van der Waals surface area contributed by atoms with E-state index >= 15 is 0 Å². The zero-order valence-electron chi connectivity index (χ0n) is 9.03. The van der Waals surface area contributed by atoms with Crippen molar-refractivity contribution >= 4 is 39.6 Å². The third-order valence-corrected chi connectivity index (χ3v) is 4.13. The maximum atomic E-state index is 11.0. The maximum Gasteiger partial charge on any atom is 0.407 e. The van der Waals surface area contributed by atoms with Crippen LogP contribution in [0.25, 0.3) is 10.9 Å². The number of nitrogens with one attached hydrogen (secondary N) is 1. The summed E-state index contributed by atoms with van der Waals surface area (Å²) in [4.78, 5) is 15.9. The Labute approximate surface area is 112 Å². The van der Waals surface area contributed by atoms with Gasteiger partial charge in [0.15, 0.2) is 0 Å². The normalized spacial score (nSPS) is 15.0. The Morgan fingerprint density at radius 2 is 2.29 bits per heavy atom. The van der Waals surface area contributed by atoms with Gasteiger partial charge < -0.3 is 15.0 Å². The van der Waals surface area contributed by atoms with Gasteiger partial charge in [0.25, 0.3) is 0 Å². The van der Waals surface area contributed by atoms with Gasteiger partial charge in [-0.25, -0.2) is 4.79 Å². The number of hydrogen-bond donors (Lipinski definition) is 2. The molecule has 17 heavy (non-hydrogen) atoms. The minimum Gasteiger partial charge on any atom is -0.465 e. The molecule has 4 nitrogen and oxygen atoms in total. The predicted molar refractivity (Wildman–Crippen MR) is 73.2 cm³/mol. The average Bonchev–Trinajstić information content (AvgIpc) is 2.68. The molecule has 0 saturated heterocycles. The van der Waals surface area contributed by atoms with E-state index in [2.05, 4.69) is 39.7 Å². The van der Waals surface area contributed by atoms with Crippen molar-refractivity contribution in [3.05, 3.63) is 33.0 Å². The molecule has 0 fully saturated rings. The summed E-state index contributed by atoms with van der Waals surface area (Å²) >= 11 is 2.30. The van der Waals surface area contributed by atoms with E-state index in [9.17, 15) is 4.79 Å². The number of aromatic nitrogens is 1. The maximum absolute atomic E-state index is 11.0. The molecule has 1 aromatic heterocycles. The first-order valence-electron chi connectivity index (χ1n) is 5.42. The van der Waals surface area contributed by atoms with Crippen LogP contribution in [-0.2, 0) is 13.0 Å². The molecule has 1 aliphatic rings. The number of rotatable bonds is 0. The summed E-state index contributed by atoms with van der Waals surface area (Å²) in [5.41, 5.74) is 3.44. The monoisotopic (exact) mass is 342 g/mol. The first kappa shape index (κ1) is 10.9. The third-order valence-electron chi connectivity index (χ3n) is 3.23. The van der Waals surface area contributed by atoms with E-state index in [1.807, 2.05) is 6.07 Å². The number of benzene rings is 1. The van der Waals surface area contributed by atoms with E-state index in [1.165, 1.54) is 14.2 Å². The average molecular weight is 342 g/mol. The van der Waals surface area contributed by atoms with Gasteiger partial charge in [0, 0.05) is 33.2 Å². The first-order chi connectivity index (χ1) is 8.16. The van der Waals surface area contributed by atoms with Gasteiger partial charge in [-0.15, -0.1) is 0 Å². The Morgan fingerprint density at radius 1 is 1.47 bits per heavy atom. The highest BCUT2D eigenvalue weighted by Gasteiger charge is 2.23. The molecule has 5 heteroatoms. The lowest BCUT2D eigenvalue weighted by Gasteiger charge is -2.24. The zero-order valence-corrected chi connectivity index (χ0v) is 11.2. The zero-order chi connectivity index (χ0) is 12.0. The molecule has 2 heterocycles.